The molecule has 3 heterocycles. The van der Waals surface area contributed by atoms with Crippen LogP contribution in [0.4, 0.5) is 20.2 Å². The van der Waals surface area contributed by atoms with Crippen molar-refractivity contribution >= 4 is 52.6 Å². The molecule has 19 heteroatoms. The van der Waals surface area contributed by atoms with E-state index in [0.717, 1.165) is 39.7 Å². The predicted molar refractivity (Wildman–Crippen MR) is 369 cm³/mol. The molecule has 8 aromatic rings. The molecule has 0 spiro atoms. The molecule has 9 rings (SSSR count). The Bertz CT molecular complexity index is 4000. The normalized spacial score (nSPS) is 12.3. The van der Waals surface area contributed by atoms with Crippen LogP contribution in [0.25, 0.3) is 44.8 Å². The third kappa shape index (κ3) is 22.5. The van der Waals surface area contributed by atoms with E-state index in [2.05, 4.69) is 29.0 Å². The number of nitrogens with zero attached hydrogens (tertiary/aromatic N) is 3. The van der Waals surface area contributed by atoms with E-state index in [-0.39, 0.29) is 95.9 Å². The summed E-state index contributed by atoms with van der Waals surface area (Å²) in [4.78, 5) is 91.8. The number of nitrogens with one attached hydrogen (secondary N) is 2. The fourth-order valence-electron chi connectivity index (χ4n) is 11.2. The molecule has 0 aliphatic carbocycles. The van der Waals surface area contributed by atoms with E-state index in [9.17, 15) is 47.4 Å². The zero-order valence-electron chi connectivity index (χ0n) is 57.6. The Morgan fingerprint density at radius 2 is 0.907 bits per heavy atom. The first-order valence-electron chi connectivity index (χ1n) is 32.2. The second kappa shape index (κ2) is 35.8. The van der Waals surface area contributed by atoms with Crippen molar-refractivity contribution in [2.45, 2.75) is 138 Å². The topological polar surface area (TPSA) is 207 Å². The maximum absolute atomic E-state index is 14.1. The Labute approximate surface area is 589 Å². The quantitative estimate of drug-likeness (QED) is 0.0227. The van der Waals surface area contributed by atoms with E-state index in [0.29, 0.717) is 77.9 Å². The number of allylic oxidation sites excluding steroid dienone is 1. The van der Waals surface area contributed by atoms with Crippen LogP contribution < -0.4 is 45.3 Å². The van der Waals surface area contributed by atoms with E-state index in [1.807, 2.05) is 133 Å². The molecule has 1 aliphatic heterocycles. The molecule has 0 radical (unpaired) electrons. The standard InChI is InChI=1S/C37H39FN2O5.C33H34FN3O3.C8H14O3.Na/c1-24(2)34-33(36(44)39-28-14-10-7-11-15-28)32(25-12-8-6-9-13-25)35(26-16-18-27(38)19-17-26)40(34)21-20-29(41)22-30(42)23-31(43)45-37(3,4)5;1-23(2)31-30(33(39)35-27-11-7-4-8-12-27)29(24-9-5-3-6-10-24)32(25-13-15-26(34)16-14-25)37(31)18-17-28(38)36-19-21-40-22-20-36;1-6(9)5-7(10)11-8(2,3)4;/h6-19,24H,20-23H2,1-5H3,(H,39,44);3-16,23H,17-22H2,1-2H3,(H,35,39);5,9H,1-4H3;/q;;;+1/p-1/b;;6-5-;. The SMILES string of the molecule is C/C([O-])=C/C(=O)OC(C)(C)C.CC(C)c1c(C(=O)Nc2ccccc2)c(-c2ccccc2)c(-c2ccc(F)cc2)n1CCC(=O)CC(=O)CC(=O)OC(C)(C)C.CC(C)c1c(C(=O)Nc2ccccc2)c(-c2ccccc2)c(-c2ccc(F)cc2)n1CCC(=O)N1CCOCC1.[Na+]. The van der Waals surface area contributed by atoms with Crippen LogP contribution in [0.3, 0.4) is 0 Å². The largest absolute Gasteiger partial charge is 1.00 e. The average molecular weight is 1330 g/mol. The van der Waals surface area contributed by atoms with Crippen molar-refractivity contribution in [1.82, 2.24) is 14.0 Å². The van der Waals surface area contributed by atoms with Gasteiger partial charge in [-0.15, -0.1) is 5.76 Å². The van der Waals surface area contributed by atoms with Gasteiger partial charge in [-0.05, 0) is 148 Å². The van der Waals surface area contributed by atoms with Crippen molar-refractivity contribution in [3.8, 4) is 44.8 Å². The number of aromatic nitrogens is 2. The Morgan fingerprint density at radius 1 is 0.526 bits per heavy atom. The van der Waals surface area contributed by atoms with Gasteiger partial charge in [0.1, 0.15) is 35.0 Å². The number of anilines is 2. The summed E-state index contributed by atoms with van der Waals surface area (Å²) in [5, 5.41) is 16.5. The zero-order chi connectivity index (χ0) is 69.9. The van der Waals surface area contributed by atoms with Crippen molar-refractivity contribution in [2.24, 2.45) is 0 Å². The maximum atomic E-state index is 14.1. The van der Waals surface area contributed by atoms with Gasteiger partial charge in [0, 0.05) is 79.0 Å². The number of carbonyl (C=O) groups excluding carboxylic acids is 7. The van der Waals surface area contributed by atoms with Gasteiger partial charge in [-0.3, -0.25) is 28.8 Å². The number of amides is 3. The molecule has 0 saturated carbocycles. The minimum Gasteiger partial charge on any atom is -0.875 e. The molecule has 1 aliphatic rings. The first-order chi connectivity index (χ1) is 45.6. The summed E-state index contributed by atoms with van der Waals surface area (Å²) in [6.07, 6.45) is 0.307. The molecule has 1 fully saturated rings. The summed E-state index contributed by atoms with van der Waals surface area (Å²) in [5.74, 6) is -3.81. The molecule has 504 valence electrons. The van der Waals surface area contributed by atoms with Gasteiger partial charge in [0.25, 0.3) is 11.8 Å². The summed E-state index contributed by atoms with van der Waals surface area (Å²) in [6, 6.07) is 50.1. The van der Waals surface area contributed by atoms with Gasteiger partial charge in [-0.1, -0.05) is 132 Å². The molecule has 3 amide bonds. The van der Waals surface area contributed by atoms with Gasteiger partial charge in [-0.2, -0.15) is 0 Å². The summed E-state index contributed by atoms with van der Waals surface area (Å²) >= 11 is 0. The van der Waals surface area contributed by atoms with Crippen LogP contribution in [-0.4, -0.2) is 92.8 Å². The van der Waals surface area contributed by atoms with Gasteiger partial charge in [0.05, 0.1) is 42.1 Å². The minimum absolute atomic E-state index is 0. The molecule has 2 N–H and O–H groups in total. The van der Waals surface area contributed by atoms with Crippen molar-refractivity contribution < 1.29 is 91.2 Å². The molecular weight excluding hydrogens is 1240 g/mol. The fourth-order valence-corrected chi connectivity index (χ4v) is 11.2. The maximum Gasteiger partial charge on any atom is 1.00 e. The summed E-state index contributed by atoms with van der Waals surface area (Å²) in [5.41, 5.74) is 8.61. The molecule has 16 nitrogen and oxygen atoms in total. The van der Waals surface area contributed by atoms with Crippen LogP contribution in [0.15, 0.2) is 182 Å². The van der Waals surface area contributed by atoms with E-state index in [1.54, 1.807) is 77.9 Å². The molecule has 97 heavy (non-hydrogen) atoms. The van der Waals surface area contributed by atoms with Crippen molar-refractivity contribution in [3.05, 3.63) is 216 Å². The summed E-state index contributed by atoms with van der Waals surface area (Å²) < 4.78 is 47.6. The monoisotopic (exact) mass is 1330 g/mol. The van der Waals surface area contributed by atoms with Crippen molar-refractivity contribution in [1.29, 1.82) is 0 Å². The van der Waals surface area contributed by atoms with E-state index in [4.69, 9.17) is 14.2 Å². The van der Waals surface area contributed by atoms with Crippen LogP contribution in [0, 0.1) is 11.6 Å². The molecule has 0 bridgehead atoms. The minimum atomic E-state index is -0.735. The average Bonchev–Trinajstić information content (AvgIpc) is 1.60. The molecule has 6 aromatic carbocycles. The summed E-state index contributed by atoms with van der Waals surface area (Å²) in [7, 11) is 0. The number of halogens is 2. The molecule has 2 aromatic heterocycles. The number of benzene rings is 6. The fraction of sp³-hybridized carbons (Fsp3) is 0.321. The first-order valence-corrected chi connectivity index (χ1v) is 32.2. The second-order valence-electron chi connectivity index (χ2n) is 25.8. The van der Waals surface area contributed by atoms with Gasteiger partial charge in [0.15, 0.2) is 5.78 Å². The van der Waals surface area contributed by atoms with Crippen LogP contribution in [0.2, 0.25) is 0 Å². The van der Waals surface area contributed by atoms with Gasteiger partial charge >= 0.3 is 41.5 Å². The van der Waals surface area contributed by atoms with E-state index < -0.39 is 47.6 Å². The second-order valence-corrected chi connectivity index (χ2v) is 25.8. The van der Waals surface area contributed by atoms with Crippen LogP contribution >= 0.6 is 0 Å². The Kier molecular flexibility index (Phi) is 28.4. The third-order valence-electron chi connectivity index (χ3n) is 15.0. The number of esters is 2. The number of Topliss-reactive ketones (excluding diaryl/α,β-unsaturated/α-hetero) is 2. The molecule has 0 unspecified atom stereocenters. The van der Waals surface area contributed by atoms with E-state index >= 15 is 0 Å². The van der Waals surface area contributed by atoms with Gasteiger partial charge in [0.2, 0.25) is 5.91 Å². The molecule has 0 atom stereocenters. The van der Waals surface area contributed by atoms with Crippen molar-refractivity contribution in [3.63, 3.8) is 0 Å². The van der Waals surface area contributed by atoms with Crippen LogP contribution in [0.1, 0.15) is 146 Å². The first kappa shape index (κ1) is 76.9. The van der Waals surface area contributed by atoms with Crippen LogP contribution in [0.5, 0.6) is 0 Å². The smallest absolute Gasteiger partial charge is 0.875 e. The van der Waals surface area contributed by atoms with Crippen LogP contribution in [-0.2, 0) is 51.3 Å². The summed E-state index contributed by atoms with van der Waals surface area (Å²) in [6.45, 7) is 22.5. The zero-order valence-corrected chi connectivity index (χ0v) is 59.6. The van der Waals surface area contributed by atoms with Crippen molar-refractivity contribution in [2.75, 3.05) is 36.9 Å². The van der Waals surface area contributed by atoms with E-state index in [1.165, 1.54) is 31.2 Å². The third-order valence-corrected chi connectivity index (χ3v) is 15.0. The molecule has 1 saturated heterocycles. The number of hydrogen-bond acceptors (Lipinski definition) is 11. The Morgan fingerprint density at radius 3 is 1.28 bits per heavy atom. The Balaban J connectivity index is 0.000000264. The number of morpholine rings is 1. The number of para-hydroxylation sites is 2. The number of ketones is 2. The number of rotatable bonds is 21. The number of hydrogen-bond donors (Lipinski definition) is 2. The van der Waals surface area contributed by atoms with Gasteiger partial charge < -0.3 is 44.0 Å². The Hall–Kier alpha value is -9.07. The molecular formula is C78H86F2N5NaO11. The number of carbonyl (C=O) groups is 7. The predicted octanol–water partition coefficient (Wildman–Crippen LogP) is 12.2. The van der Waals surface area contributed by atoms with Gasteiger partial charge in [-0.25, -0.2) is 13.6 Å². The number of ether oxygens (including phenoxy) is 3.